The zero-order chi connectivity index (χ0) is 34.3. The van der Waals surface area contributed by atoms with E-state index in [0.29, 0.717) is 23.5 Å². The number of fused-ring (bicyclic) bond motifs is 1. The molecule has 1 saturated heterocycles. The highest BCUT2D eigenvalue weighted by molar-refractivity contribution is 7.84. The van der Waals surface area contributed by atoms with Crippen molar-refractivity contribution in [3.05, 3.63) is 29.6 Å². The molecular formula is C32H50F3N5O5SSi. The molecule has 0 spiro atoms. The summed E-state index contributed by atoms with van der Waals surface area (Å²) >= 11 is 0. The number of carbonyl (C=O) groups is 1. The van der Waals surface area contributed by atoms with Crippen molar-refractivity contribution in [2.45, 2.75) is 133 Å². The van der Waals surface area contributed by atoms with Crippen LogP contribution in [0.1, 0.15) is 76.8 Å². The Kier molecular flexibility index (Phi) is 10.8. The Bertz CT molecular complexity index is 1440. The van der Waals surface area contributed by atoms with E-state index in [9.17, 15) is 22.2 Å². The number of ether oxygens (including phenoxy) is 3. The molecule has 264 valence electrons. The summed E-state index contributed by atoms with van der Waals surface area (Å²) < 4.78 is 77.4. The van der Waals surface area contributed by atoms with Crippen molar-refractivity contribution in [2.75, 3.05) is 19.8 Å². The summed E-state index contributed by atoms with van der Waals surface area (Å²) in [4.78, 5) is 19.1. The first-order valence-electron chi connectivity index (χ1n) is 16.6. The van der Waals surface area contributed by atoms with Crippen LogP contribution in [0.3, 0.4) is 0 Å². The number of halogens is 3. The van der Waals surface area contributed by atoms with E-state index < -0.39 is 60.7 Å². The minimum Gasteiger partial charge on any atom is -0.376 e. The molecule has 3 fully saturated rings. The fourth-order valence-corrected chi connectivity index (χ4v) is 6.99. The van der Waals surface area contributed by atoms with Gasteiger partial charge in [0, 0.05) is 14.7 Å². The first-order chi connectivity index (χ1) is 21.9. The van der Waals surface area contributed by atoms with E-state index in [1.165, 1.54) is 4.90 Å². The van der Waals surface area contributed by atoms with Crippen LogP contribution in [0, 0.1) is 0 Å². The van der Waals surface area contributed by atoms with Crippen LogP contribution in [0.2, 0.25) is 25.7 Å². The van der Waals surface area contributed by atoms with E-state index in [1.54, 1.807) is 0 Å². The Balaban J connectivity index is 1.52. The van der Waals surface area contributed by atoms with Gasteiger partial charge in [0.15, 0.2) is 0 Å². The zero-order valence-electron chi connectivity index (χ0n) is 28.5. The summed E-state index contributed by atoms with van der Waals surface area (Å²) in [6, 6.07) is 2.47. The largest absolute Gasteiger partial charge is 0.410 e. The van der Waals surface area contributed by atoms with Crippen molar-refractivity contribution in [1.82, 2.24) is 24.5 Å². The predicted molar refractivity (Wildman–Crippen MR) is 178 cm³/mol. The van der Waals surface area contributed by atoms with Crippen molar-refractivity contribution < 1.29 is 36.4 Å². The van der Waals surface area contributed by atoms with Gasteiger partial charge in [-0.05, 0) is 77.1 Å². The smallest absolute Gasteiger partial charge is 0.376 e. The van der Waals surface area contributed by atoms with Crippen LogP contribution in [-0.4, -0.2) is 87.8 Å². The molecular weight excluding hydrogens is 652 g/mol. The number of nitrogens with zero attached hydrogens (tertiary/aromatic N) is 3. The number of hydrogen-bond donors (Lipinski definition) is 2. The van der Waals surface area contributed by atoms with E-state index in [4.69, 9.17) is 19.2 Å². The molecule has 5 atom stereocenters. The van der Waals surface area contributed by atoms with Crippen LogP contribution >= 0.6 is 0 Å². The highest BCUT2D eigenvalue weighted by Crippen LogP contribution is 2.36. The first kappa shape index (κ1) is 36.2. The summed E-state index contributed by atoms with van der Waals surface area (Å²) in [5.74, 6) is 0.595. The molecule has 0 radical (unpaired) electrons. The summed E-state index contributed by atoms with van der Waals surface area (Å²) in [5, 5.41) is 2.09. The van der Waals surface area contributed by atoms with Crippen LogP contribution in [0.4, 0.5) is 18.0 Å². The third-order valence-corrected chi connectivity index (χ3v) is 11.9. The number of rotatable bonds is 16. The van der Waals surface area contributed by atoms with E-state index in [-0.39, 0.29) is 31.6 Å². The van der Waals surface area contributed by atoms with Gasteiger partial charge in [0.05, 0.1) is 64.3 Å². The highest BCUT2D eigenvalue weighted by Gasteiger charge is 2.49. The lowest BCUT2D eigenvalue weighted by Crippen LogP contribution is -2.41. The molecule has 2 aromatic rings. The van der Waals surface area contributed by atoms with Crippen LogP contribution in [0.15, 0.2) is 18.2 Å². The lowest BCUT2D eigenvalue weighted by atomic mass is 10.0. The van der Waals surface area contributed by atoms with Gasteiger partial charge in [-0.15, -0.1) is 0 Å². The van der Waals surface area contributed by atoms with Crippen LogP contribution in [0.25, 0.3) is 11.0 Å². The normalized spacial score (nSPS) is 22.0. The van der Waals surface area contributed by atoms with E-state index >= 15 is 0 Å². The number of hydrogen-bond acceptors (Lipinski definition) is 6. The van der Waals surface area contributed by atoms with Gasteiger partial charge in [0.25, 0.3) is 0 Å². The highest BCUT2D eigenvalue weighted by atomic mass is 32.2. The van der Waals surface area contributed by atoms with Crippen molar-refractivity contribution in [3.63, 3.8) is 0 Å². The molecule has 2 aliphatic carbocycles. The van der Waals surface area contributed by atoms with Crippen molar-refractivity contribution in [3.8, 4) is 0 Å². The van der Waals surface area contributed by atoms with Gasteiger partial charge in [-0.1, -0.05) is 25.7 Å². The maximum atomic E-state index is 13.6. The van der Waals surface area contributed by atoms with E-state index in [1.807, 2.05) is 50.5 Å². The lowest BCUT2D eigenvalue weighted by Gasteiger charge is -2.29. The van der Waals surface area contributed by atoms with Crippen molar-refractivity contribution in [1.29, 1.82) is 0 Å². The summed E-state index contributed by atoms with van der Waals surface area (Å²) in [5.41, 5.74) is 1.96. The summed E-state index contributed by atoms with van der Waals surface area (Å²) in [6.45, 7) is 14.9. The molecule has 15 heteroatoms. The molecule has 1 aromatic carbocycles. The zero-order valence-corrected chi connectivity index (χ0v) is 30.3. The average molecular weight is 702 g/mol. The predicted octanol–water partition coefficient (Wildman–Crippen LogP) is 6.19. The number of amides is 2. The molecule has 10 nitrogen and oxygen atoms in total. The molecule has 1 aromatic heterocycles. The number of aromatic nitrogens is 2. The maximum Gasteiger partial charge on any atom is 0.410 e. The molecule has 2 saturated carbocycles. The third kappa shape index (κ3) is 9.56. The summed E-state index contributed by atoms with van der Waals surface area (Å²) in [6.07, 6.45) is -1.00. The molecule has 2 heterocycles. The topological polar surface area (TPSA) is 107 Å². The van der Waals surface area contributed by atoms with Gasteiger partial charge in [-0.3, -0.25) is 0 Å². The number of nitrogens with one attached hydrogen (secondary N) is 2. The maximum absolute atomic E-state index is 13.6. The fourth-order valence-electron chi connectivity index (χ4n) is 5.36. The quantitative estimate of drug-likeness (QED) is 0.160. The number of carbonyl (C=O) groups excluding carboxylic acids is 1. The molecule has 0 bridgehead atoms. The molecule has 3 aliphatic rings. The van der Waals surface area contributed by atoms with Crippen LogP contribution in [0.5, 0.6) is 0 Å². The lowest BCUT2D eigenvalue weighted by molar-refractivity contribution is -0.150. The van der Waals surface area contributed by atoms with Gasteiger partial charge in [-0.2, -0.15) is 13.2 Å². The number of benzene rings is 1. The Morgan fingerprint density at radius 3 is 2.38 bits per heavy atom. The summed E-state index contributed by atoms with van der Waals surface area (Å²) in [7, 11) is -2.79. The Labute approximate surface area is 279 Å². The van der Waals surface area contributed by atoms with E-state index in [2.05, 4.69) is 29.7 Å². The minimum atomic E-state index is -4.56. The number of alkyl halides is 3. The Morgan fingerprint density at radius 1 is 1.13 bits per heavy atom. The standard InChI is InChI=1S/C32H50F3N5O5SSi/c1-20(45-23-11-12-23)28(38-46(42)31(2,3)4)29-36-24-16-21(8-13-25(24)40(29)19-43-14-15-47(5,6)7)26(18-44-22-9-10-22)39-17-27(32(33,34)35)37-30(39)41/h8,13,16,20,22-23,26-28,38H,9-12,14-15,17-19H2,1-7H3,(H,37,41)/t20-,26-,27+,28+,46-/m1/s1. The van der Waals surface area contributed by atoms with Gasteiger partial charge in [-0.25, -0.2) is 18.7 Å². The molecule has 2 amide bonds. The minimum absolute atomic E-state index is 0.0490. The van der Waals surface area contributed by atoms with Crippen molar-refractivity contribution >= 4 is 36.1 Å². The third-order valence-electron chi connectivity index (χ3n) is 8.60. The molecule has 47 heavy (non-hydrogen) atoms. The number of urea groups is 1. The van der Waals surface area contributed by atoms with Gasteiger partial charge in [0.2, 0.25) is 0 Å². The molecule has 0 unspecified atom stereocenters. The Morgan fingerprint density at radius 2 is 1.81 bits per heavy atom. The van der Waals surface area contributed by atoms with Gasteiger partial charge >= 0.3 is 12.2 Å². The van der Waals surface area contributed by atoms with Gasteiger partial charge < -0.3 is 29.0 Å². The van der Waals surface area contributed by atoms with E-state index in [0.717, 1.165) is 37.2 Å². The SMILES string of the molecule is C[C@@H](OC1CC1)[C@H](N[S@](=O)C(C)(C)C)c1nc2cc([C@@H](COC3CC3)N3C[C@@H](C(F)(F)F)NC3=O)ccc2n1COCC[Si](C)(C)C. The molecule has 5 rings (SSSR count). The van der Waals surface area contributed by atoms with Crippen LogP contribution in [-0.2, 0) is 31.9 Å². The monoisotopic (exact) mass is 701 g/mol. The first-order valence-corrected chi connectivity index (χ1v) is 21.4. The second-order valence-corrected chi connectivity index (χ2v) is 22.9. The van der Waals surface area contributed by atoms with Crippen LogP contribution < -0.4 is 10.0 Å². The number of imidazole rings is 1. The Hall–Kier alpha value is -2.04. The molecule has 2 N–H and O–H groups in total. The average Bonchev–Trinajstić information content (AvgIpc) is 3.89. The van der Waals surface area contributed by atoms with Gasteiger partial charge in [0.1, 0.15) is 24.6 Å². The van der Waals surface area contributed by atoms with Crippen molar-refractivity contribution in [2.24, 2.45) is 0 Å². The fraction of sp³-hybridized carbons (Fsp3) is 0.750. The second kappa shape index (κ2) is 14.1. The molecule has 1 aliphatic heterocycles. The second-order valence-electron chi connectivity index (χ2n) is 15.3.